The van der Waals surface area contributed by atoms with Crippen LogP contribution in [0.5, 0.6) is 0 Å². The van der Waals surface area contributed by atoms with Crippen LogP contribution in [0.15, 0.2) is 53.2 Å². The number of esters is 1. The molecule has 0 fully saturated rings. The fourth-order valence-electron chi connectivity index (χ4n) is 2.38. The van der Waals surface area contributed by atoms with Gasteiger partial charge in [0.2, 0.25) is 0 Å². The number of aliphatic hydroxyl groups excluding tert-OH is 1. The first-order chi connectivity index (χ1) is 12.6. The summed E-state index contributed by atoms with van der Waals surface area (Å²) >= 11 is 3.01. The van der Waals surface area contributed by atoms with Crippen molar-refractivity contribution in [2.24, 2.45) is 0 Å². The molecule has 1 aromatic carbocycles. The van der Waals surface area contributed by atoms with Crippen LogP contribution in [0.4, 0.5) is 0 Å². The Bertz CT molecular complexity index is 885. The smallest absolute Gasteiger partial charge is 0.337 e. The van der Waals surface area contributed by atoms with Crippen molar-refractivity contribution < 1.29 is 19.4 Å². The summed E-state index contributed by atoms with van der Waals surface area (Å²) in [6, 6.07) is 12.0. The Hall–Kier alpha value is -2.48. The first kappa shape index (κ1) is 18.3. The number of ether oxygens (including phenoxy) is 1. The van der Waals surface area contributed by atoms with Gasteiger partial charge in [-0.25, -0.2) is 4.79 Å². The van der Waals surface area contributed by atoms with Crippen molar-refractivity contribution in [2.45, 2.75) is 12.6 Å². The molecular formula is C19H17NO4S2. The lowest BCUT2D eigenvalue weighted by Gasteiger charge is -2.06. The van der Waals surface area contributed by atoms with Gasteiger partial charge in [0, 0.05) is 15.3 Å². The molecule has 0 aliphatic heterocycles. The van der Waals surface area contributed by atoms with Crippen LogP contribution >= 0.6 is 22.7 Å². The Morgan fingerprint density at radius 2 is 1.85 bits per heavy atom. The molecule has 0 aliphatic carbocycles. The van der Waals surface area contributed by atoms with Gasteiger partial charge >= 0.3 is 5.97 Å². The summed E-state index contributed by atoms with van der Waals surface area (Å²) in [6.45, 7) is 0.374. The van der Waals surface area contributed by atoms with Crippen molar-refractivity contribution in [3.05, 3.63) is 79.7 Å². The van der Waals surface area contributed by atoms with E-state index >= 15 is 0 Å². The van der Waals surface area contributed by atoms with Crippen molar-refractivity contribution >= 4 is 34.6 Å². The van der Waals surface area contributed by atoms with Gasteiger partial charge in [0.05, 0.1) is 19.2 Å². The minimum Gasteiger partial charge on any atom is -0.465 e. The number of hydrogen-bond donors (Lipinski definition) is 2. The van der Waals surface area contributed by atoms with Gasteiger partial charge < -0.3 is 15.2 Å². The molecule has 5 nitrogen and oxygen atoms in total. The van der Waals surface area contributed by atoms with Crippen molar-refractivity contribution in [1.82, 2.24) is 5.32 Å². The third-order valence-electron chi connectivity index (χ3n) is 3.80. The molecule has 2 heterocycles. The molecule has 3 aromatic rings. The van der Waals surface area contributed by atoms with Crippen molar-refractivity contribution in [3.63, 3.8) is 0 Å². The monoisotopic (exact) mass is 387 g/mol. The molecule has 2 N–H and O–H groups in total. The lowest BCUT2D eigenvalue weighted by atomic mass is 10.1. The standard InChI is InChI=1S/C19H17NO4S2/c1-24-19(23)13-4-2-12(3-5-13)18(22)20-10-15-6-7-16(26-15)17(21)14-8-9-25-11-14/h2-9,11,17,21H,10H2,1H3,(H,20,22)/t17-/m1/s1. The average molecular weight is 387 g/mol. The van der Waals surface area contributed by atoms with Crippen molar-refractivity contribution in [1.29, 1.82) is 0 Å². The zero-order valence-electron chi connectivity index (χ0n) is 14.0. The van der Waals surface area contributed by atoms with Crippen molar-refractivity contribution in [3.8, 4) is 0 Å². The zero-order valence-corrected chi connectivity index (χ0v) is 15.6. The van der Waals surface area contributed by atoms with Gasteiger partial charge in [0.25, 0.3) is 5.91 Å². The molecule has 0 spiro atoms. The van der Waals surface area contributed by atoms with E-state index in [-0.39, 0.29) is 5.91 Å². The van der Waals surface area contributed by atoms with E-state index in [1.807, 2.05) is 29.0 Å². The number of carbonyl (C=O) groups is 2. The Balaban J connectivity index is 1.59. The van der Waals surface area contributed by atoms with E-state index in [1.54, 1.807) is 35.6 Å². The number of amides is 1. The second kappa shape index (κ2) is 8.27. The summed E-state index contributed by atoms with van der Waals surface area (Å²) in [4.78, 5) is 25.4. The summed E-state index contributed by atoms with van der Waals surface area (Å²) in [5.74, 6) is -0.665. The molecule has 0 aliphatic rings. The first-order valence-corrected chi connectivity index (χ1v) is 9.59. The second-order valence-corrected chi connectivity index (χ2v) is 7.49. The maximum absolute atomic E-state index is 12.2. The van der Waals surface area contributed by atoms with Gasteiger partial charge in [0.1, 0.15) is 6.10 Å². The average Bonchev–Trinajstić information content (AvgIpc) is 3.37. The Kier molecular flexibility index (Phi) is 5.82. The molecular weight excluding hydrogens is 370 g/mol. The summed E-state index contributed by atoms with van der Waals surface area (Å²) in [6.07, 6.45) is -0.637. The summed E-state index contributed by atoms with van der Waals surface area (Å²) in [5, 5.41) is 17.0. The third-order valence-corrected chi connectivity index (χ3v) is 5.64. The van der Waals surface area contributed by atoms with Gasteiger partial charge in [0.15, 0.2) is 0 Å². The van der Waals surface area contributed by atoms with Crippen LogP contribution in [0.3, 0.4) is 0 Å². The Labute approximate surface area is 158 Å². The maximum atomic E-state index is 12.2. The molecule has 134 valence electrons. The number of hydrogen-bond acceptors (Lipinski definition) is 6. The zero-order chi connectivity index (χ0) is 18.5. The molecule has 0 bridgehead atoms. The maximum Gasteiger partial charge on any atom is 0.337 e. The van der Waals surface area contributed by atoms with Crippen LogP contribution in [0.25, 0.3) is 0 Å². The SMILES string of the molecule is COC(=O)c1ccc(C(=O)NCc2ccc([C@H](O)c3ccsc3)s2)cc1. The largest absolute Gasteiger partial charge is 0.465 e. The minimum atomic E-state index is -0.637. The van der Waals surface area contributed by atoms with E-state index in [4.69, 9.17) is 0 Å². The quantitative estimate of drug-likeness (QED) is 0.634. The summed E-state index contributed by atoms with van der Waals surface area (Å²) in [5.41, 5.74) is 1.74. The fraction of sp³-hybridized carbons (Fsp3) is 0.158. The van der Waals surface area contributed by atoms with Crippen LogP contribution in [-0.4, -0.2) is 24.1 Å². The van der Waals surface area contributed by atoms with Gasteiger partial charge in [-0.05, 0) is 58.8 Å². The lowest BCUT2D eigenvalue weighted by Crippen LogP contribution is -2.22. The molecule has 2 aromatic heterocycles. The number of methoxy groups -OCH3 is 1. The fourth-order valence-corrected chi connectivity index (χ4v) is 4.02. The van der Waals surface area contributed by atoms with Crippen LogP contribution in [0, 0.1) is 0 Å². The predicted molar refractivity (Wildman–Crippen MR) is 102 cm³/mol. The number of benzene rings is 1. The highest BCUT2D eigenvalue weighted by molar-refractivity contribution is 7.12. The summed E-state index contributed by atoms with van der Waals surface area (Å²) < 4.78 is 4.63. The van der Waals surface area contributed by atoms with E-state index in [1.165, 1.54) is 18.4 Å². The van der Waals surface area contributed by atoms with Crippen LogP contribution in [-0.2, 0) is 11.3 Å². The van der Waals surface area contributed by atoms with Crippen LogP contribution < -0.4 is 5.32 Å². The molecule has 0 saturated heterocycles. The molecule has 26 heavy (non-hydrogen) atoms. The molecule has 0 saturated carbocycles. The van der Waals surface area contributed by atoms with E-state index in [9.17, 15) is 14.7 Å². The first-order valence-electron chi connectivity index (χ1n) is 7.84. The normalized spacial score (nSPS) is 11.8. The highest BCUT2D eigenvalue weighted by atomic mass is 32.1. The number of nitrogens with one attached hydrogen (secondary N) is 1. The predicted octanol–water partition coefficient (Wildman–Crippen LogP) is 3.61. The van der Waals surface area contributed by atoms with Crippen molar-refractivity contribution in [2.75, 3.05) is 7.11 Å². The van der Waals surface area contributed by atoms with E-state index in [2.05, 4.69) is 10.1 Å². The van der Waals surface area contributed by atoms with Crippen LogP contribution in [0.1, 0.15) is 42.1 Å². The highest BCUT2D eigenvalue weighted by Crippen LogP contribution is 2.29. The molecule has 0 unspecified atom stereocenters. The molecule has 0 radical (unpaired) electrons. The minimum absolute atomic E-state index is 0.227. The van der Waals surface area contributed by atoms with Gasteiger partial charge in [-0.1, -0.05) is 0 Å². The molecule has 7 heteroatoms. The highest BCUT2D eigenvalue weighted by Gasteiger charge is 2.14. The number of rotatable bonds is 6. The number of aliphatic hydroxyl groups is 1. The lowest BCUT2D eigenvalue weighted by molar-refractivity contribution is 0.0600. The topological polar surface area (TPSA) is 75.6 Å². The molecule has 1 amide bonds. The number of carbonyl (C=O) groups excluding carboxylic acids is 2. The number of thiophene rings is 2. The molecule has 1 atom stereocenters. The Morgan fingerprint density at radius 3 is 2.50 bits per heavy atom. The van der Waals surface area contributed by atoms with Gasteiger partial charge in [-0.15, -0.1) is 11.3 Å². The van der Waals surface area contributed by atoms with E-state index in [0.717, 1.165) is 15.3 Å². The molecule has 3 rings (SSSR count). The van der Waals surface area contributed by atoms with Gasteiger partial charge in [-0.2, -0.15) is 11.3 Å². The van der Waals surface area contributed by atoms with Gasteiger partial charge in [-0.3, -0.25) is 4.79 Å². The Morgan fingerprint density at radius 1 is 1.12 bits per heavy atom. The summed E-state index contributed by atoms with van der Waals surface area (Å²) in [7, 11) is 1.31. The van der Waals surface area contributed by atoms with E-state index in [0.29, 0.717) is 17.7 Å². The third kappa shape index (κ3) is 4.19. The van der Waals surface area contributed by atoms with Crippen LogP contribution in [0.2, 0.25) is 0 Å². The van der Waals surface area contributed by atoms with E-state index < -0.39 is 12.1 Å². The second-order valence-electron chi connectivity index (χ2n) is 5.51.